The van der Waals surface area contributed by atoms with Crippen LogP contribution in [0.15, 0.2) is 29.3 Å². The van der Waals surface area contributed by atoms with Crippen LogP contribution in [0.25, 0.3) is 10.2 Å². The number of amides is 1. The lowest BCUT2D eigenvalue weighted by Gasteiger charge is -2.08. The van der Waals surface area contributed by atoms with E-state index in [1.54, 1.807) is 14.0 Å². The highest BCUT2D eigenvalue weighted by Gasteiger charge is 2.19. The molecule has 23 heavy (non-hydrogen) atoms. The summed E-state index contributed by atoms with van der Waals surface area (Å²) in [6.45, 7) is 5.76. The number of hydrogen-bond donors (Lipinski definition) is 1. The third-order valence-corrected chi connectivity index (χ3v) is 5.05. The average Bonchev–Trinajstić information content (AvgIpc) is 2.84. The Morgan fingerprint density at radius 3 is 2.70 bits per heavy atom. The Kier molecular flexibility index (Phi) is 3.77. The van der Waals surface area contributed by atoms with Gasteiger partial charge >= 0.3 is 0 Å². The summed E-state index contributed by atoms with van der Waals surface area (Å²) in [6.07, 6.45) is 1.48. The maximum atomic E-state index is 12.6. The van der Waals surface area contributed by atoms with Crippen molar-refractivity contribution in [3.8, 4) is 0 Å². The van der Waals surface area contributed by atoms with Gasteiger partial charge in [-0.1, -0.05) is 17.7 Å². The van der Waals surface area contributed by atoms with Gasteiger partial charge in [-0.05, 0) is 38.0 Å². The molecule has 1 N–H and O–H groups in total. The first kappa shape index (κ1) is 15.4. The average molecular weight is 327 g/mol. The summed E-state index contributed by atoms with van der Waals surface area (Å²) in [4.78, 5) is 30.2. The van der Waals surface area contributed by atoms with Crippen LogP contribution in [0.4, 0.5) is 5.69 Å². The molecule has 3 rings (SSSR count). The van der Waals surface area contributed by atoms with Crippen LogP contribution in [0.3, 0.4) is 0 Å². The maximum absolute atomic E-state index is 12.6. The fourth-order valence-electron chi connectivity index (χ4n) is 2.56. The molecule has 0 aliphatic heterocycles. The molecule has 0 unspecified atom stereocenters. The van der Waals surface area contributed by atoms with Gasteiger partial charge in [0.05, 0.1) is 16.6 Å². The molecule has 1 aromatic carbocycles. The van der Waals surface area contributed by atoms with Gasteiger partial charge in [-0.2, -0.15) is 0 Å². The number of anilines is 1. The fraction of sp³-hybridized carbons (Fsp3) is 0.235. The largest absolute Gasteiger partial charge is 0.321 e. The number of nitrogens with zero attached hydrogens (tertiary/aromatic N) is 2. The summed E-state index contributed by atoms with van der Waals surface area (Å²) in [6, 6.07) is 5.87. The molecule has 0 fully saturated rings. The van der Waals surface area contributed by atoms with E-state index in [4.69, 9.17) is 0 Å². The molecule has 0 aliphatic carbocycles. The number of carbonyl (C=O) groups excluding carboxylic acids is 1. The minimum Gasteiger partial charge on any atom is -0.321 e. The molecular weight excluding hydrogens is 310 g/mol. The lowest BCUT2D eigenvalue weighted by molar-refractivity contribution is 0.103. The van der Waals surface area contributed by atoms with E-state index < -0.39 is 0 Å². The number of benzene rings is 1. The first-order valence-electron chi connectivity index (χ1n) is 7.22. The molecule has 2 aromatic heterocycles. The standard InChI is InChI=1S/C17H17N3O2S/c1-9-5-6-12(10(2)7-9)19-15(21)14-11(3)13-16(23-14)18-8-20(4)17(13)22/h5-8H,1-4H3,(H,19,21). The van der Waals surface area contributed by atoms with Crippen molar-refractivity contribution in [2.45, 2.75) is 20.8 Å². The van der Waals surface area contributed by atoms with Crippen LogP contribution >= 0.6 is 11.3 Å². The Morgan fingerprint density at radius 2 is 2.00 bits per heavy atom. The molecule has 118 valence electrons. The summed E-state index contributed by atoms with van der Waals surface area (Å²) in [7, 11) is 1.65. The van der Waals surface area contributed by atoms with Crippen LogP contribution in [0, 0.1) is 20.8 Å². The second-order valence-corrected chi connectivity index (χ2v) is 6.67. The van der Waals surface area contributed by atoms with E-state index in [1.807, 2.05) is 32.0 Å². The van der Waals surface area contributed by atoms with Crippen LogP contribution in [-0.4, -0.2) is 15.5 Å². The van der Waals surface area contributed by atoms with Crippen molar-refractivity contribution >= 4 is 33.1 Å². The van der Waals surface area contributed by atoms with Gasteiger partial charge in [0.1, 0.15) is 4.83 Å². The summed E-state index contributed by atoms with van der Waals surface area (Å²) in [5.74, 6) is -0.209. The van der Waals surface area contributed by atoms with E-state index in [2.05, 4.69) is 10.3 Å². The Bertz CT molecular complexity index is 985. The van der Waals surface area contributed by atoms with Crippen molar-refractivity contribution in [2.75, 3.05) is 5.32 Å². The van der Waals surface area contributed by atoms with Crippen molar-refractivity contribution in [1.29, 1.82) is 0 Å². The van der Waals surface area contributed by atoms with Gasteiger partial charge < -0.3 is 9.88 Å². The van der Waals surface area contributed by atoms with Gasteiger partial charge in [0.15, 0.2) is 0 Å². The first-order valence-corrected chi connectivity index (χ1v) is 8.03. The molecule has 0 atom stereocenters. The zero-order valence-electron chi connectivity index (χ0n) is 13.4. The Morgan fingerprint density at radius 1 is 1.26 bits per heavy atom. The minimum absolute atomic E-state index is 0.130. The number of thiophene rings is 1. The molecule has 0 aliphatic rings. The lowest BCUT2D eigenvalue weighted by atomic mass is 10.1. The molecule has 0 bridgehead atoms. The van der Waals surface area contributed by atoms with Gasteiger partial charge in [0, 0.05) is 12.7 Å². The number of fused-ring (bicyclic) bond motifs is 1. The van der Waals surface area contributed by atoms with Crippen molar-refractivity contribution in [2.24, 2.45) is 7.05 Å². The van der Waals surface area contributed by atoms with E-state index in [-0.39, 0.29) is 11.5 Å². The Hall–Kier alpha value is -2.47. The van der Waals surface area contributed by atoms with Gasteiger partial charge in [-0.15, -0.1) is 11.3 Å². The third-order valence-electron chi connectivity index (χ3n) is 3.85. The predicted octanol–water partition coefficient (Wildman–Crippen LogP) is 3.17. The zero-order chi connectivity index (χ0) is 16.7. The molecule has 0 spiro atoms. The molecule has 6 heteroatoms. The summed E-state index contributed by atoms with van der Waals surface area (Å²) in [5.41, 5.74) is 3.48. The van der Waals surface area contributed by atoms with Crippen molar-refractivity contribution in [3.63, 3.8) is 0 Å². The van der Waals surface area contributed by atoms with Gasteiger partial charge in [-0.3, -0.25) is 9.59 Å². The monoisotopic (exact) mass is 327 g/mol. The number of hydrogen-bond acceptors (Lipinski definition) is 4. The van der Waals surface area contributed by atoms with Crippen LogP contribution in [0.2, 0.25) is 0 Å². The SMILES string of the molecule is Cc1ccc(NC(=O)c2sc3ncn(C)c(=O)c3c2C)c(C)c1. The molecule has 1 amide bonds. The molecule has 0 saturated heterocycles. The fourth-order valence-corrected chi connectivity index (χ4v) is 3.59. The second kappa shape index (κ2) is 5.62. The normalized spacial score (nSPS) is 11.0. The van der Waals surface area contributed by atoms with Gasteiger partial charge in [0.2, 0.25) is 0 Å². The van der Waals surface area contributed by atoms with E-state index in [9.17, 15) is 9.59 Å². The maximum Gasteiger partial charge on any atom is 0.266 e. The minimum atomic E-state index is -0.209. The summed E-state index contributed by atoms with van der Waals surface area (Å²) in [5, 5.41) is 3.44. The highest BCUT2D eigenvalue weighted by Crippen LogP contribution is 2.28. The first-order chi connectivity index (χ1) is 10.9. The number of aromatic nitrogens is 2. The summed E-state index contributed by atoms with van der Waals surface area (Å²) < 4.78 is 1.42. The molecule has 0 radical (unpaired) electrons. The second-order valence-electron chi connectivity index (χ2n) is 5.67. The molecule has 3 aromatic rings. The van der Waals surface area contributed by atoms with E-state index in [0.29, 0.717) is 20.7 Å². The highest BCUT2D eigenvalue weighted by atomic mass is 32.1. The van der Waals surface area contributed by atoms with Gasteiger partial charge in [-0.25, -0.2) is 4.98 Å². The van der Waals surface area contributed by atoms with Crippen LogP contribution in [-0.2, 0) is 7.05 Å². The molecule has 2 heterocycles. The third kappa shape index (κ3) is 2.66. The summed E-state index contributed by atoms with van der Waals surface area (Å²) >= 11 is 1.25. The van der Waals surface area contributed by atoms with Crippen LogP contribution in [0.1, 0.15) is 26.4 Å². The van der Waals surface area contributed by atoms with Crippen LogP contribution < -0.4 is 10.9 Å². The van der Waals surface area contributed by atoms with Crippen LogP contribution in [0.5, 0.6) is 0 Å². The number of nitrogens with one attached hydrogen (secondary N) is 1. The number of carbonyl (C=O) groups is 1. The molecular formula is C17H17N3O2S. The zero-order valence-corrected chi connectivity index (χ0v) is 14.2. The predicted molar refractivity (Wildman–Crippen MR) is 93.5 cm³/mol. The Balaban J connectivity index is 2.03. The van der Waals surface area contributed by atoms with E-state index >= 15 is 0 Å². The molecule has 5 nitrogen and oxygen atoms in total. The van der Waals surface area contributed by atoms with Crippen molar-refractivity contribution < 1.29 is 4.79 Å². The van der Waals surface area contributed by atoms with Crippen molar-refractivity contribution in [1.82, 2.24) is 9.55 Å². The Labute approximate surface area is 137 Å². The number of aryl methyl sites for hydroxylation is 4. The van der Waals surface area contributed by atoms with E-state index in [1.165, 1.54) is 22.2 Å². The number of rotatable bonds is 2. The van der Waals surface area contributed by atoms with Gasteiger partial charge in [0.25, 0.3) is 11.5 Å². The smallest absolute Gasteiger partial charge is 0.266 e. The van der Waals surface area contributed by atoms with Crippen molar-refractivity contribution in [3.05, 3.63) is 56.4 Å². The quantitative estimate of drug-likeness (QED) is 0.786. The molecule has 0 saturated carbocycles. The van der Waals surface area contributed by atoms with E-state index in [0.717, 1.165) is 16.8 Å². The topological polar surface area (TPSA) is 64.0 Å². The highest BCUT2D eigenvalue weighted by molar-refractivity contribution is 7.20. The lowest BCUT2D eigenvalue weighted by Crippen LogP contribution is -2.17.